The van der Waals surface area contributed by atoms with Crippen LogP contribution in [0.15, 0.2) is 41.8 Å². The molecule has 1 N–H and O–H groups in total. The quantitative estimate of drug-likeness (QED) is 0.732. The maximum Gasteiger partial charge on any atom is 0.464 e. The van der Waals surface area contributed by atoms with Gasteiger partial charge in [0.1, 0.15) is 0 Å². The second-order valence-corrected chi connectivity index (χ2v) is 3.83. The van der Waals surface area contributed by atoms with Gasteiger partial charge < -0.3 is 5.11 Å². The molecule has 0 aliphatic heterocycles. The van der Waals surface area contributed by atoms with Gasteiger partial charge in [0.25, 0.3) is 5.78 Å². The van der Waals surface area contributed by atoms with Gasteiger partial charge in [0.2, 0.25) is 5.39 Å². The summed E-state index contributed by atoms with van der Waals surface area (Å²) in [5.74, 6) is -0.480. The van der Waals surface area contributed by atoms with Gasteiger partial charge >= 0.3 is 5.70 Å². The van der Waals surface area contributed by atoms with Crippen molar-refractivity contribution in [3.8, 4) is 0 Å². The number of benzene rings is 1. The first-order valence-electron chi connectivity index (χ1n) is 5.07. The number of aliphatic hydroxyl groups excluding tert-OH is 1. The lowest BCUT2D eigenvalue weighted by molar-refractivity contribution is -0.116. The summed E-state index contributed by atoms with van der Waals surface area (Å²) >= 11 is 0. The Bertz CT molecular complexity index is 485. The van der Waals surface area contributed by atoms with Crippen LogP contribution in [0.4, 0.5) is 0 Å². The average molecular weight is 215 g/mol. The third-order valence-electron chi connectivity index (χ3n) is 2.78. The van der Waals surface area contributed by atoms with Gasteiger partial charge in [0, 0.05) is 12.8 Å². The summed E-state index contributed by atoms with van der Waals surface area (Å²) in [5.41, 5.74) is 0.812. The van der Waals surface area contributed by atoms with Crippen molar-refractivity contribution in [2.75, 3.05) is 0 Å². The fourth-order valence-electron chi connectivity index (χ4n) is 1.96. The van der Waals surface area contributed by atoms with Crippen LogP contribution in [-0.4, -0.2) is 10.9 Å². The lowest BCUT2D eigenvalue weighted by atomic mass is 9.85. The predicted octanol–water partition coefficient (Wildman–Crippen LogP) is 2.76. The highest BCUT2D eigenvalue weighted by Gasteiger charge is 2.37. The summed E-state index contributed by atoms with van der Waals surface area (Å²) in [6.45, 7) is 0. The SMILES string of the molecule is N#[N+]C1=C(O)CC(c2ccccc2)CC1=O. The van der Waals surface area contributed by atoms with Gasteiger partial charge in [0.05, 0.1) is 0 Å². The van der Waals surface area contributed by atoms with E-state index in [2.05, 4.69) is 4.98 Å². The number of hydrogen-bond acceptors (Lipinski definition) is 3. The molecule has 1 aromatic carbocycles. The van der Waals surface area contributed by atoms with Crippen LogP contribution >= 0.6 is 0 Å². The summed E-state index contributed by atoms with van der Waals surface area (Å²) in [6, 6.07) is 9.54. The molecule has 0 saturated carbocycles. The zero-order chi connectivity index (χ0) is 11.5. The third-order valence-corrected chi connectivity index (χ3v) is 2.78. The van der Waals surface area contributed by atoms with Gasteiger partial charge in [-0.25, -0.2) is 0 Å². The molecule has 2 rings (SSSR count). The van der Waals surface area contributed by atoms with Gasteiger partial charge in [-0.1, -0.05) is 30.3 Å². The van der Waals surface area contributed by atoms with Gasteiger partial charge in [-0.05, 0) is 11.5 Å². The van der Waals surface area contributed by atoms with E-state index in [0.717, 1.165) is 5.56 Å². The van der Waals surface area contributed by atoms with Crippen molar-refractivity contribution in [3.05, 3.63) is 52.3 Å². The smallest absolute Gasteiger partial charge is 0.464 e. The number of aliphatic hydroxyl groups is 1. The van der Waals surface area contributed by atoms with Crippen LogP contribution in [0.2, 0.25) is 0 Å². The Morgan fingerprint density at radius 3 is 2.50 bits per heavy atom. The predicted molar refractivity (Wildman–Crippen MR) is 58.2 cm³/mol. The van der Waals surface area contributed by atoms with E-state index in [-0.39, 0.29) is 29.6 Å². The molecule has 80 valence electrons. The molecule has 1 aliphatic rings. The van der Waals surface area contributed by atoms with Crippen molar-refractivity contribution in [3.63, 3.8) is 0 Å². The minimum atomic E-state index is -0.319. The number of diazo groups is 1. The van der Waals surface area contributed by atoms with Crippen molar-refractivity contribution in [1.29, 1.82) is 5.39 Å². The largest absolute Gasteiger partial charge is 0.505 e. The van der Waals surface area contributed by atoms with E-state index in [9.17, 15) is 9.90 Å². The summed E-state index contributed by atoms with van der Waals surface area (Å²) in [7, 11) is 0. The van der Waals surface area contributed by atoms with Crippen LogP contribution in [0.3, 0.4) is 0 Å². The van der Waals surface area contributed by atoms with Crippen molar-refractivity contribution in [2.45, 2.75) is 18.8 Å². The monoisotopic (exact) mass is 215 g/mol. The zero-order valence-electron chi connectivity index (χ0n) is 8.63. The Hall–Kier alpha value is -2.15. The lowest BCUT2D eigenvalue weighted by Gasteiger charge is -2.17. The Morgan fingerprint density at radius 2 is 1.94 bits per heavy atom. The average Bonchev–Trinajstić information content (AvgIpc) is 2.30. The topological polar surface area (TPSA) is 65.4 Å². The normalized spacial score (nSPS) is 20.7. The summed E-state index contributed by atoms with van der Waals surface area (Å²) in [5, 5.41) is 18.2. The van der Waals surface area contributed by atoms with Crippen LogP contribution in [0.5, 0.6) is 0 Å². The molecule has 0 heterocycles. The van der Waals surface area contributed by atoms with Gasteiger partial charge in [-0.2, -0.15) is 0 Å². The molecule has 0 aromatic heterocycles. The minimum Gasteiger partial charge on any atom is -0.505 e. The van der Waals surface area contributed by atoms with Gasteiger partial charge in [-0.15, -0.1) is 0 Å². The maximum absolute atomic E-state index is 11.5. The molecule has 16 heavy (non-hydrogen) atoms. The molecular weight excluding hydrogens is 204 g/mol. The van der Waals surface area contributed by atoms with E-state index in [0.29, 0.717) is 6.42 Å². The first-order valence-corrected chi connectivity index (χ1v) is 5.07. The zero-order valence-corrected chi connectivity index (χ0v) is 8.63. The third kappa shape index (κ3) is 1.80. The van der Waals surface area contributed by atoms with Crippen molar-refractivity contribution in [1.82, 2.24) is 0 Å². The first kappa shape index (κ1) is 10.4. The molecule has 0 fully saturated rings. The Kier molecular flexibility index (Phi) is 2.69. The van der Waals surface area contributed by atoms with Crippen LogP contribution in [0.1, 0.15) is 24.3 Å². The van der Waals surface area contributed by atoms with E-state index in [1.165, 1.54) is 0 Å². The first-order chi connectivity index (χ1) is 7.72. The Morgan fingerprint density at radius 1 is 1.25 bits per heavy atom. The lowest BCUT2D eigenvalue weighted by Crippen LogP contribution is -2.16. The number of rotatable bonds is 1. The van der Waals surface area contributed by atoms with Crippen molar-refractivity contribution < 1.29 is 9.90 Å². The number of carbonyl (C=O) groups excluding carboxylic acids is 1. The standard InChI is InChI=1S/C12H10N2O2/c13-14-12-10(15)6-9(7-11(12)16)8-4-2-1-3-5-8/h1-5,9H,6-7H2/p+1. The molecule has 0 radical (unpaired) electrons. The van der Waals surface area contributed by atoms with Crippen LogP contribution in [0, 0.1) is 5.39 Å². The molecule has 0 amide bonds. The molecule has 1 atom stereocenters. The van der Waals surface area contributed by atoms with Crippen LogP contribution in [-0.2, 0) is 4.79 Å². The van der Waals surface area contributed by atoms with E-state index >= 15 is 0 Å². The van der Waals surface area contributed by atoms with E-state index < -0.39 is 0 Å². The number of allylic oxidation sites excluding steroid dienone is 2. The molecule has 1 aromatic rings. The highest BCUT2D eigenvalue weighted by molar-refractivity contribution is 5.98. The van der Waals surface area contributed by atoms with Crippen molar-refractivity contribution in [2.24, 2.45) is 0 Å². The number of nitrogens with zero attached hydrogens (tertiary/aromatic N) is 2. The van der Waals surface area contributed by atoms with Crippen LogP contribution < -0.4 is 0 Å². The highest BCUT2D eigenvalue weighted by Crippen LogP contribution is 2.33. The van der Waals surface area contributed by atoms with Gasteiger partial charge in [0.15, 0.2) is 10.7 Å². The maximum atomic E-state index is 11.5. The number of ketones is 1. The molecular formula is C12H11N2O2+. The molecule has 4 nitrogen and oxygen atoms in total. The Balaban J connectivity index is 2.29. The van der Waals surface area contributed by atoms with E-state index in [1.807, 2.05) is 30.3 Å². The van der Waals surface area contributed by atoms with Crippen LogP contribution in [0.25, 0.3) is 4.98 Å². The van der Waals surface area contributed by atoms with E-state index in [1.54, 1.807) is 0 Å². The second-order valence-electron chi connectivity index (χ2n) is 3.83. The number of Topliss-reactive ketones (excluding diaryl/α,β-unsaturated/α-hetero) is 1. The number of hydrogen-bond donors (Lipinski definition) is 1. The molecule has 4 heteroatoms. The molecule has 1 unspecified atom stereocenters. The minimum absolute atomic E-state index is 0.0285. The molecule has 0 bridgehead atoms. The second kappa shape index (κ2) is 4.15. The summed E-state index contributed by atoms with van der Waals surface area (Å²) in [6.07, 6.45) is 0.614. The fourth-order valence-corrected chi connectivity index (χ4v) is 1.96. The number of carbonyl (C=O) groups is 1. The highest BCUT2D eigenvalue weighted by atomic mass is 16.3. The molecule has 0 spiro atoms. The van der Waals surface area contributed by atoms with Gasteiger partial charge in [-0.3, -0.25) is 4.79 Å². The molecule has 1 aliphatic carbocycles. The van der Waals surface area contributed by atoms with E-state index in [4.69, 9.17) is 5.39 Å². The van der Waals surface area contributed by atoms with Crippen molar-refractivity contribution >= 4 is 5.78 Å². The Labute approximate surface area is 92.8 Å². The summed E-state index contributed by atoms with van der Waals surface area (Å²) < 4.78 is 0. The fraction of sp³-hybridized carbons (Fsp3) is 0.250. The molecule has 0 saturated heterocycles. The summed E-state index contributed by atoms with van der Waals surface area (Å²) in [4.78, 5) is 14.4.